The Morgan fingerprint density at radius 3 is 2.77 bits per heavy atom. The van der Waals surface area contributed by atoms with Gasteiger partial charge in [0.2, 0.25) is 0 Å². The first-order chi connectivity index (χ1) is 6.15. The Bertz CT molecular complexity index is 293. The summed E-state index contributed by atoms with van der Waals surface area (Å²) in [5, 5.41) is 10.5. The van der Waals surface area contributed by atoms with Crippen LogP contribution >= 0.6 is 23.4 Å². The minimum atomic E-state index is -0.116. The van der Waals surface area contributed by atoms with Gasteiger partial charge in [-0.2, -0.15) is 0 Å². The van der Waals surface area contributed by atoms with Crippen LogP contribution in [0, 0.1) is 0 Å². The fourth-order valence-electron chi connectivity index (χ4n) is 0.834. The summed E-state index contributed by atoms with van der Waals surface area (Å²) in [6.07, 6.45) is 1.41. The van der Waals surface area contributed by atoms with Crippen LogP contribution in [0.2, 0.25) is 5.15 Å². The van der Waals surface area contributed by atoms with E-state index in [2.05, 4.69) is 23.8 Å². The molecule has 1 rings (SSSR count). The standard InChI is InChI=1S/C8H11ClN2OS/c1-5(2)13-8-6(3-12)7(9)10-4-11-8/h4-5,12H,3H2,1-2H3. The molecule has 0 bridgehead atoms. The van der Waals surface area contributed by atoms with Crippen LogP contribution in [0.15, 0.2) is 11.4 Å². The van der Waals surface area contributed by atoms with Crippen molar-refractivity contribution in [3.63, 3.8) is 0 Å². The lowest BCUT2D eigenvalue weighted by atomic mass is 10.4. The second-order valence-corrected chi connectivity index (χ2v) is 4.70. The van der Waals surface area contributed by atoms with Gasteiger partial charge >= 0.3 is 0 Å². The van der Waals surface area contributed by atoms with Crippen molar-refractivity contribution >= 4 is 23.4 Å². The van der Waals surface area contributed by atoms with E-state index >= 15 is 0 Å². The zero-order chi connectivity index (χ0) is 9.84. The van der Waals surface area contributed by atoms with Crippen LogP contribution in [0.5, 0.6) is 0 Å². The molecule has 13 heavy (non-hydrogen) atoms. The lowest BCUT2D eigenvalue weighted by molar-refractivity contribution is 0.277. The molecular formula is C8H11ClN2OS. The molecule has 0 aliphatic rings. The van der Waals surface area contributed by atoms with Gasteiger partial charge in [-0.05, 0) is 0 Å². The molecule has 0 fully saturated rings. The van der Waals surface area contributed by atoms with Gasteiger partial charge in [0.1, 0.15) is 16.5 Å². The molecule has 0 spiro atoms. The highest BCUT2D eigenvalue weighted by atomic mass is 35.5. The summed E-state index contributed by atoms with van der Waals surface area (Å²) >= 11 is 7.36. The fraction of sp³-hybridized carbons (Fsp3) is 0.500. The number of hydrogen-bond acceptors (Lipinski definition) is 4. The molecule has 1 heterocycles. The average molecular weight is 219 g/mol. The fourth-order valence-corrected chi connectivity index (χ4v) is 1.94. The second kappa shape index (κ2) is 4.79. The van der Waals surface area contributed by atoms with Gasteiger partial charge in [-0.15, -0.1) is 11.8 Å². The molecule has 1 N–H and O–H groups in total. The highest BCUT2D eigenvalue weighted by Gasteiger charge is 2.10. The first-order valence-electron chi connectivity index (χ1n) is 3.92. The molecule has 0 radical (unpaired) electrons. The Hall–Kier alpha value is -0.320. The summed E-state index contributed by atoms with van der Waals surface area (Å²) in [4.78, 5) is 7.86. The van der Waals surface area contributed by atoms with Crippen LogP contribution in [0.1, 0.15) is 19.4 Å². The predicted octanol–water partition coefficient (Wildman–Crippen LogP) is 2.12. The summed E-state index contributed by atoms with van der Waals surface area (Å²) < 4.78 is 0. The van der Waals surface area contributed by atoms with Crippen LogP contribution < -0.4 is 0 Å². The van der Waals surface area contributed by atoms with Crippen molar-refractivity contribution in [2.24, 2.45) is 0 Å². The van der Waals surface area contributed by atoms with Crippen LogP contribution in [-0.2, 0) is 6.61 Å². The van der Waals surface area contributed by atoms with E-state index in [1.54, 1.807) is 11.8 Å². The van der Waals surface area contributed by atoms with Crippen molar-refractivity contribution in [1.82, 2.24) is 9.97 Å². The van der Waals surface area contributed by atoms with Gasteiger partial charge in [0, 0.05) is 10.8 Å². The third kappa shape index (κ3) is 2.83. The van der Waals surface area contributed by atoms with Crippen molar-refractivity contribution in [3.05, 3.63) is 17.0 Å². The number of halogens is 1. The SMILES string of the molecule is CC(C)Sc1ncnc(Cl)c1CO. The van der Waals surface area contributed by atoms with Crippen LogP contribution in [-0.4, -0.2) is 20.3 Å². The predicted molar refractivity (Wildman–Crippen MR) is 54.0 cm³/mol. The lowest BCUT2D eigenvalue weighted by Gasteiger charge is -2.08. The number of aliphatic hydroxyl groups excluding tert-OH is 1. The number of aliphatic hydroxyl groups is 1. The molecular weight excluding hydrogens is 208 g/mol. The van der Waals surface area contributed by atoms with Gasteiger partial charge in [0.15, 0.2) is 0 Å². The van der Waals surface area contributed by atoms with E-state index in [4.69, 9.17) is 16.7 Å². The van der Waals surface area contributed by atoms with E-state index in [1.807, 2.05) is 0 Å². The quantitative estimate of drug-likeness (QED) is 0.624. The molecule has 72 valence electrons. The summed E-state index contributed by atoms with van der Waals surface area (Å²) in [5.74, 6) is 0. The van der Waals surface area contributed by atoms with E-state index in [0.29, 0.717) is 16.0 Å². The van der Waals surface area contributed by atoms with Crippen molar-refractivity contribution in [1.29, 1.82) is 0 Å². The van der Waals surface area contributed by atoms with Crippen molar-refractivity contribution < 1.29 is 5.11 Å². The van der Waals surface area contributed by atoms with Crippen LogP contribution in [0.4, 0.5) is 0 Å². The topological polar surface area (TPSA) is 46.0 Å². The molecule has 0 saturated heterocycles. The maximum Gasteiger partial charge on any atom is 0.139 e. The van der Waals surface area contributed by atoms with Gasteiger partial charge in [-0.1, -0.05) is 25.4 Å². The molecule has 1 aromatic rings. The van der Waals surface area contributed by atoms with E-state index in [0.717, 1.165) is 5.03 Å². The molecule has 0 amide bonds. The molecule has 3 nitrogen and oxygen atoms in total. The number of thioether (sulfide) groups is 1. The zero-order valence-electron chi connectivity index (χ0n) is 7.49. The Morgan fingerprint density at radius 2 is 2.23 bits per heavy atom. The second-order valence-electron chi connectivity index (χ2n) is 2.77. The number of rotatable bonds is 3. The average Bonchev–Trinajstić information content (AvgIpc) is 2.03. The van der Waals surface area contributed by atoms with Gasteiger partial charge in [0.05, 0.1) is 6.61 Å². The molecule has 1 aromatic heterocycles. The van der Waals surface area contributed by atoms with Crippen LogP contribution in [0.3, 0.4) is 0 Å². The monoisotopic (exact) mass is 218 g/mol. The highest BCUT2D eigenvalue weighted by Crippen LogP contribution is 2.27. The summed E-state index contributed by atoms with van der Waals surface area (Å²) in [7, 11) is 0. The first-order valence-corrected chi connectivity index (χ1v) is 5.17. The lowest BCUT2D eigenvalue weighted by Crippen LogP contribution is -1.98. The Kier molecular flexibility index (Phi) is 3.96. The summed E-state index contributed by atoms with van der Waals surface area (Å²) in [6.45, 7) is 4.00. The summed E-state index contributed by atoms with van der Waals surface area (Å²) in [6, 6.07) is 0. The van der Waals surface area contributed by atoms with E-state index < -0.39 is 0 Å². The smallest absolute Gasteiger partial charge is 0.139 e. The maximum absolute atomic E-state index is 9.03. The number of nitrogens with zero attached hydrogens (tertiary/aromatic N) is 2. The number of hydrogen-bond donors (Lipinski definition) is 1. The Balaban J connectivity index is 2.98. The minimum Gasteiger partial charge on any atom is -0.391 e. The molecule has 0 atom stereocenters. The van der Waals surface area contributed by atoms with Gasteiger partial charge < -0.3 is 5.11 Å². The van der Waals surface area contributed by atoms with E-state index in [9.17, 15) is 0 Å². The zero-order valence-corrected chi connectivity index (χ0v) is 9.06. The molecule has 0 aliphatic carbocycles. The van der Waals surface area contributed by atoms with Gasteiger partial charge in [0.25, 0.3) is 0 Å². The summed E-state index contributed by atoms with van der Waals surface area (Å²) in [5.41, 5.74) is 0.614. The number of aromatic nitrogens is 2. The first kappa shape index (κ1) is 10.8. The Morgan fingerprint density at radius 1 is 1.54 bits per heavy atom. The highest BCUT2D eigenvalue weighted by molar-refractivity contribution is 7.99. The Labute approximate surface area is 86.6 Å². The van der Waals surface area contributed by atoms with Crippen molar-refractivity contribution in [2.75, 3.05) is 0 Å². The van der Waals surface area contributed by atoms with Gasteiger partial charge in [-0.25, -0.2) is 9.97 Å². The minimum absolute atomic E-state index is 0.116. The normalized spacial score (nSPS) is 10.8. The van der Waals surface area contributed by atoms with Gasteiger partial charge in [-0.3, -0.25) is 0 Å². The van der Waals surface area contributed by atoms with E-state index in [1.165, 1.54) is 6.33 Å². The van der Waals surface area contributed by atoms with Crippen LogP contribution in [0.25, 0.3) is 0 Å². The molecule has 5 heteroatoms. The van der Waals surface area contributed by atoms with E-state index in [-0.39, 0.29) is 6.61 Å². The van der Waals surface area contributed by atoms with Crippen molar-refractivity contribution in [3.8, 4) is 0 Å². The van der Waals surface area contributed by atoms with Crippen molar-refractivity contribution in [2.45, 2.75) is 30.7 Å². The molecule has 0 aromatic carbocycles. The molecule has 0 saturated carbocycles. The molecule has 0 aliphatic heterocycles. The molecule has 0 unspecified atom stereocenters. The maximum atomic E-state index is 9.03. The third-order valence-corrected chi connectivity index (χ3v) is 2.73. The third-order valence-electron chi connectivity index (χ3n) is 1.36. The largest absolute Gasteiger partial charge is 0.391 e.